The van der Waals surface area contributed by atoms with Gasteiger partial charge < -0.3 is 23.3 Å². The molecule has 0 saturated carbocycles. The van der Waals surface area contributed by atoms with Gasteiger partial charge in [-0.15, -0.1) is 0 Å². The van der Waals surface area contributed by atoms with Crippen molar-refractivity contribution in [2.24, 2.45) is 0 Å². The number of benzene rings is 2. The van der Waals surface area contributed by atoms with Crippen LogP contribution in [0.3, 0.4) is 0 Å². The van der Waals surface area contributed by atoms with Crippen LogP contribution in [0.15, 0.2) is 60.9 Å². The molecule has 0 atom stereocenters. The van der Waals surface area contributed by atoms with Crippen molar-refractivity contribution < 1.29 is 23.7 Å². The molecule has 31 heavy (non-hydrogen) atoms. The Kier molecular flexibility index (Phi) is 5.68. The van der Waals surface area contributed by atoms with E-state index in [0.717, 1.165) is 11.3 Å². The minimum atomic E-state index is -0.580. The Labute approximate surface area is 183 Å². The molecule has 2 aromatic carbocycles. The zero-order chi connectivity index (χ0) is 22.0. The van der Waals surface area contributed by atoms with Gasteiger partial charge in [-0.05, 0) is 36.4 Å². The summed E-state index contributed by atoms with van der Waals surface area (Å²) in [5.74, 6) is 0.852. The molecule has 0 spiro atoms. The van der Waals surface area contributed by atoms with Crippen LogP contribution >= 0.6 is 11.6 Å². The zero-order valence-corrected chi connectivity index (χ0v) is 17.8. The van der Waals surface area contributed by atoms with Gasteiger partial charge in [0.05, 0.1) is 32.6 Å². The maximum Gasteiger partial charge on any atom is 0.343 e. The lowest BCUT2D eigenvalue weighted by atomic mass is 10.2. The number of hydrogen-bond acceptors (Lipinski definition) is 6. The summed E-state index contributed by atoms with van der Waals surface area (Å²) in [5.41, 5.74) is 2.39. The lowest BCUT2D eigenvalue weighted by Gasteiger charge is -2.13. The maximum atomic E-state index is 12.9. The highest BCUT2D eigenvalue weighted by atomic mass is 35.5. The number of hydrogen-bond donors (Lipinski definition) is 0. The van der Waals surface area contributed by atoms with Gasteiger partial charge in [-0.3, -0.25) is 0 Å². The summed E-state index contributed by atoms with van der Waals surface area (Å²) in [4.78, 5) is 17.5. The fourth-order valence-corrected chi connectivity index (χ4v) is 3.31. The van der Waals surface area contributed by atoms with Gasteiger partial charge in [0.2, 0.25) is 5.75 Å². The summed E-state index contributed by atoms with van der Waals surface area (Å²) in [6, 6.07) is 13.9. The molecule has 0 bridgehead atoms. The molecule has 0 unspecified atom stereocenters. The summed E-state index contributed by atoms with van der Waals surface area (Å²) >= 11 is 5.97. The van der Waals surface area contributed by atoms with E-state index in [4.69, 9.17) is 30.5 Å². The van der Waals surface area contributed by atoms with E-state index in [1.165, 1.54) is 33.5 Å². The Morgan fingerprint density at radius 1 is 0.935 bits per heavy atom. The number of rotatable bonds is 6. The third-order valence-electron chi connectivity index (χ3n) is 4.69. The molecule has 0 saturated heterocycles. The molecular weight excluding hydrogens is 420 g/mol. The monoisotopic (exact) mass is 438 g/mol. The Bertz CT molecular complexity index is 1230. The number of carbonyl (C=O) groups is 1. The molecule has 4 rings (SSSR count). The molecule has 0 aliphatic rings. The Hall–Kier alpha value is -3.71. The van der Waals surface area contributed by atoms with Crippen molar-refractivity contribution in [1.82, 2.24) is 9.38 Å². The molecule has 8 heteroatoms. The van der Waals surface area contributed by atoms with Crippen molar-refractivity contribution in [3.8, 4) is 34.3 Å². The van der Waals surface area contributed by atoms with Gasteiger partial charge in [0.15, 0.2) is 22.9 Å². The van der Waals surface area contributed by atoms with Gasteiger partial charge in [-0.25, -0.2) is 9.78 Å². The molecule has 0 radical (unpaired) electrons. The summed E-state index contributed by atoms with van der Waals surface area (Å²) in [6.07, 6.45) is 3.69. The number of nitrogens with zero attached hydrogens (tertiary/aromatic N) is 2. The molecule has 0 aliphatic carbocycles. The number of fused-ring (bicyclic) bond motifs is 1. The van der Waals surface area contributed by atoms with Gasteiger partial charge in [-0.2, -0.15) is 0 Å². The van der Waals surface area contributed by atoms with Crippen LogP contribution in [0.2, 0.25) is 5.02 Å². The van der Waals surface area contributed by atoms with Crippen LogP contribution in [-0.4, -0.2) is 36.7 Å². The third kappa shape index (κ3) is 4.00. The SMILES string of the molecule is COc1cc(C(=O)Oc2cccn3cc(-c4ccc(Cl)cc4)nc23)cc(OC)c1OC. The van der Waals surface area contributed by atoms with Crippen molar-refractivity contribution in [2.45, 2.75) is 0 Å². The minimum absolute atomic E-state index is 0.251. The minimum Gasteiger partial charge on any atom is -0.493 e. The predicted molar refractivity (Wildman–Crippen MR) is 117 cm³/mol. The van der Waals surface area contributed by atoms with Crippen molar-refractivity contribution >= 4 is 23.2 Å². The lowest BCUT2D eigenvalue weighted by molar-refractivity contribution is 0.0735. The lowest BCUT2D eigenvalue weighted by Crippen LogP contribution is -2.10. The normalized spacial score (nSPS) is 10.7. The number of ether oxygens (including phenoxy) is 4. The molecule has 158 valence electrons. The van der Waals surface area contributed by atoms with Gasteiger partial charge in [0.1, 0.15) is 0 Å². The largest absolute Gasteiger partial charge is 0.493 e. The van der Waals surface area contributed by atoms with E-state index >= 15 is 0 Å². The summed E-state index contributed by atoms with van der Waals surface area (Å²) in [5, 5.41) is 0.646. The Morgan fingerprint density at radius 3 is 2.23 bits per heavy atom. The molecular formula is C23H19ClN2O5. The molecule has 4 aromatic rings. The van der Waals surface area contributed by atoms with Crippen LogP contribution in [0.5, 0.6) is 23.0 Å². The van der Waals surface area contributed by atoms with Crippen LogP contribution in [0, 0.1) is 0 Å². The fraction of sp³-hybridized carbons (Fsp3) is 0.130. The van der Waals surface area contributed by atoms with E-state index < -0.39 is 5.97 Å². The number of imidazole rings is 1. The van der Waals surface area contributed by atoms with Gasteiger partial charge in [0, 0.05) is 23.0 Å². The average molecular weight is 439 g/mol. The predicted octanol–water partition coefficient (Wildman–Crippen LogP) is 4.90. The number of pyridine rings is 1. The molecule has 0 aliphatic heterocycles. The highest BCUT2D eigenvalue weighted by Gasteiger charge is 2.20. The second-order valence-corrected chi connectivity index (χ2v) is 6.98. The topological polar surface area (TPSA) is 71.3 Å². The first kappa shape index (κ1) is 20.6. The second-order valence-electron chi connectivity index (χ2n) is 6.54. The first-order valence-electron chi connectivity index (χ1n) is 9.30. The highest BCUT2D eigenvalue weighted by molar-refractivity contribution is 6.30. The number of halogens is 1. The van der Waals surface area contributed by atoms with E-state index in [1.807, 2.05) is 24.5 Å². The number of aromatic nitrogens is 2. The summed E-state index contributed by atoms with van der Waals surface area (Å²) in [7, 11) is 4.46. The molecule has 2 aromatic heterocycles. The van der Waals surface area contributed by atoms with E-state index in [-0.39, 0.29) is 5.56 Å². The number of methoxy groups -OCH3 is 3. The second kappa shape index (κ2) is 8.57. The van der Waals surface area contributed by atoms with E-state index in [1.54, 1.807) is 28.7 Å². The smallest absolute Gasteiger partial charge is 0.343 e. The number of carbonyl (C=O) groups excluding carboxylic acids is 1. The Balaban J connectivity index is 1.69. The van der Waals surface area contributed by atoms with Crippen molar-refractivity contribution in [3.63, 3.8) is 0 Å². The van der Waals surface area contributed by atoms with Crippen molar-refractivity contribution in [1.29, 1.82) is 0 Å². The van der Waals surface area contributed by atoms with E-state index in [9.17, 15) is 4.79 Å². The summed E-state index contributed by atoms with van der Waals surface area (Å²) < 4.78 is 23.4. The van der Waals surface area contributed by atoms with E-state index in [2.05, 4.69) is 4.98 Å². The van der Waals surface area contributed by atoms with Gasteiger partial charge in [0.25, 0.3) is 0 Å². The van der Waals surface area contributed by atoms with Crippen LogP contribution < -0.4 is 18.9 Å². The van der Waals surface area contributed by atoms with Gasteiger partial charge >= 0.3 is 5.97 Å². The zero-order valence-electron chi connectivity index (χ0n) is 17.1. The fourth-order valence-electron chi connectivity index (χ4n) is 3.18. The summed E-state index contributed by atoms with van der Waals surface area (Å²) in [6.45, 7) is 0. The van der Waals surface area contributed by atoms with Crippen molar-refractivity contribution in [2.75, 3.05) is 21.3 Å². The standard InChI is InChI=1S/C23H19ClN2O5/c1-28-19-11-15(12-20(29-2)21(19)30-3)23(27)31-18-5-4-10-26-13-17(25-22(18)26)14-6-8-16(24)9-7-14/h4-13H,1-3H3. The van der Waals surface area contributed by atoms with E-state index in [0.29, 0.717) is 33.7 Å². The molecule has 7 nitrogen and oxygen atoms in total. The Morgan fingerprint density at radius 2 is 1.61 bits per heavy atom. The van der Waals surface area contributed by atoms with Gasteiger partial charge in [-0.1, -0.05) is 23.7 Å². The average Bonchev–Trinajstić information content (AvgIpc) is 3.23. The maximum absolute atomic E-state index is 12.9. The first-order chi connectivity index (χ1) is 15.0. The van der Waals surface area contributed by atoms with Crippen molar-refractivity contribution in [3.05, 3.63) is 71.5 Å². The van der Waals surface area contributed by atoms with Crippen LogP contribution in [0.25, 0.3) is 16.9 Å². The van der Waals surface area contributed by atoms with Crippen LogP contribution in [-0.2, 0) is 0 Å². The highest BCUT2D eigenvalue weighted by Crippen LogP contribution is 2.38. The molecule has 2 heterocycles. The van der Waals surface area contributed by atoms with Crippen LogP contribution in [0.1, 0.15) is 10.4 Å². The quantitative estimate of drug-likeness (QED) is 0.399. The molecule has 0 N–H and O–H groups in total. The van der Waals surface area contributed by atoms with Crippen LogP contribution in [0.4, 0.5) is 0 Å². The first-order valence-corrected chi connectivity index (χ1v) is 9.67. The number of esters is 1. The third-order valence-corrected chi connectivity index (χ3v) is 4.94. The molecule has 0 amide bonds. The molecule has 0 fully saturated rings.